The van der Waals surface area contributed by atoms with E-state index in [0.717, 1.165) is 4.47 Å². The van der Waals surface area contributed by atoms with Crippen molar-refractivity contribution in [3.8, 4) is 5.75 Å². The molecule has 1 aromatic carbocycles. The maximum atomic E-state index is 12.4. The number of hydrazine groups is 1. The molecule has 0 fully saturated rings. The summed E-state index contributed by atoms with van der Waals surface area (Å²) in [5.41, 5.74) is 5.20. The van der Waals surface area contributed by atoms with Gasteiger partial charge in [0.1, 0.15) is 5.75 Å². The second kappa shape index (κ2) is 11.0. The van der Waals surface area contributed by atoms with Gasteiger partial charge >= 0.3 is 0 Å². The largest absolute Gasteiger partial charge is 0.490 e. The van der Waals surface area contributed by atoms with Crippen LogP contribution < -0.4 is 20.9 Å². The second-order valence-electron chi connectivity index (χ2n) is 5.21. The molecule has 0 saturated carbocycles. The molecule has 0 atom stereocenters. The third-order valence-electron chi connectivity index (χ3n) is 2.77. The Kier molecular flexibility index (Phi) is 9.40. The van der Waals surface area contributed by atoms with Crippen molar-refractivity contribution in [2.75, 3.05) is 13.2 Å². The van der Waals surface area contributed by atoms with Gasteiger partial charge in [-0.2, -0.15) is 0 Å². The van der Waals surface area contributed by atoms with Crippen molar-refractivity contribution in [1.29, 1.82) is 0 Å². The average Bonchev–Trinajstić information content (AvgIpc) is 2.54. The fraction of sp³-hybridized carbons (Fsp3) is 0.438. The standard InChI is InChI=1S/C16H22BrN3O4S/c1-4-23-8-7-14(21)19-20-16(25)18-15(22)12-9-11(17)5-6-13(12)24-10(2)3/h5-6,9-10H,4,7-8H2,1-3H3,(H,19,21)(H2,18,20,22,25). The van der Waals surface area contributed by atoms with Crippen LogP contribution in [-0.4, -0.2) is 36.2 Å². The van der Waals surface area contributed by atoms with Crippen LogP contribution in [0.5, 0.6) is 5.75 Å². The fourth-order valence-corrected chi connectivity index (χ4v) is 2.24. The molecule has 2 amide bonds. The molecule has 0 heterocycles. The molecule has 0 saturated heterocycles. The fourth-order valence-electron chi connectivity index (χ4n) is 1.74. The summed E-state index contributed by atoms with van der Waals surface area (Å²) in [6.07, 6.45) is 0.109. The minimum Gasteiger partial charge on any atom is -0.490 e. The highest BCUT2D eigenvalue weighted by Gasteiger charge is 2.16. The lowest BCUT2D eigenvalue weighted by molar-refractivity contribution is -0.122. The van der Waals surface area contributed by atoms with Gasteiger partial charge in [0.2, 0.25) is 5.91 Å². The Morgan fingerprint density at radius 3 is 2.64 bits per heavy atom. The number of thiocarbonyl (C=S) groups is 1. The van der Waals surface area contributed by atoms with Crippen molar-refractivity contribution >= 4 is 45.1 Å². The van der Waals surface area contributed by atoms with Gasteiger partial charge in [0.25, 0.3) is 5.91 Å². The van der Waals surface area contributed by atoms with E-state index in [1.807, 2.05) is 20.8 Å². The summed E-state index contributed by atoms with van der Waals surface area (Å²) in [7, 11) is 0. The van der Waals surface area contributed by atoms with Gasteiger partial charge in [-0.3, -0.25) is 25.8 Å². The van der Waals surface area contributed by atoms with Gasteiger partial charge in [-0.15, -0.1) is 0 Å². The lowest BCUT2D eigenvalue weighted by Gasteiger charge is -2.15. The predicted molar refractivity (Wildman–Crippen MR) is 102 cm³/mol. The van der Waals surface area contributed by atoms with Crippen molar-refractivity contribution in [2.24, 2.45) is 0 Å². The van der Waals surface area contributed by atoms with Gasteiger partial charge in [-0.1, -0.05) is 15.9 Å². The van der Waals surface area contributed by atoms with E-state index >= 15 is 0 Å². The predicted octanol–water partition coefficient (Wildman–Crippen LogP) is 2.30. The number of hydrogen-bond acceptors (Lipinski definition) is 5. The number of halogens is 1. The third kappa shape index (κ3) is 8.28. The highest BCUT2D eigenvalue weighted by atomic mass is 79.9. The average molecular weight is 432 g/mol. The summed E-state index contributed by atoms with van der Waals surface area (Å²) in [6, 6.07) is 5.12. The highest BCUT2D eigenvalue weighted by molar-refractivity contribution is 9.10. The Bertz CT molecular complexity index is 625. The van der Waals surface area contributed by atoms with Crippen molar-refractivity contribution in [1.82, 2.24) is 16.2 Å². The molecule has 0 aliphatic heterocycles. The van der Waals surface area contributed by atoms with Gasteiger partial charge < -0.3 is 9.47 Å². The van der Waals surface area contributed by atoms with E-state index in [-0.39, 0.29) is 23.5 Å². The minimum absolute atomic E-state index is 0.0229. The van der Waals surface area contributed by atoms with E-state index in [9.17, 15) is 9.59 Å². The summed E-state index contributed by atoms with van der Waals surface area (Å²) in [4.78, 5) is 23.9. The van der Waals surface area contributed by atoms with Crippen LogP contribution in [0, 0.1) is 0 Å². The van der Waals surface area contributed by atoms with Crippen LogP contribution in [0.1, 0.15) is 37.6 Å². The van der Waals surface area contributed by atoms with Crippen LogP contribution >= 0.6 is 28.1 Å². The van der Waals surface area contributed by atoms with E-state index in [4.69, 9.17) is 21.7 Å². The van der Waals surface area contributed by atoms with Crippen molar-refractivity contribution in [2.45, 2.75) is 33.3 Å². The molecule has 0 unspecified atom stereocenters. The lowest BCUT2D eigenvalue weighted by atomic mass is 10.2. The summed E-state index contributed by atoms with van der Waals surface area (Å²) in [5.74, 6) is -0.298. The highest BCUT2D eigenvalue weighted by Crippen LogP contribution is 2.24. The number of hydrogen-bond donors (Lipinski definition) is 3. The minimum atomic E-state index is -0.446. The molecule has 0 radical (unpaired) electrons. The molecule has 7 nitrogen and oxygen atoms in total. The van der Waals surface area contributed by atoms with E-state index in [1.165, 1.54) is 0 Å². The molecule has 0 spiro atoms. The van der Waals surface area contributed by atoms with Crippen molar-refractivity contribution in [3.63, 3.8) is 0 Å². The van der Waals surface area contributed by atoms with E-state index < -0.39 is 5.91 Å². The molecule has 138 valence electrons. The van der Waals surface area contributed by atoms with Crippen LogP contribution in [0.15, 0.2) is 22.7 Å². The SMILES string of the molecule is CCOCCC(=O)NNC(=S)NC(=O)c1cc(Br)ccc1OC(C)C. The molecular formula is C16H22BrN3O4S. The van der Waals surface area contributed by atoms with Crippen LogP contribution in [0.2, 0.25) is 0 Å². The first kappa shape index (κ1) is 21.3. The third-order valence-corrected chi connectivity index (χ3v) is 3.47. The number of amides is 2. The van der Waals surface area contributed by atoms with E-state index in [2.05, 4.69) is 32.1 Å². The summed E-state index contributed by atoms with van der Waals surface area (Å²) in [5, 5.41) is 2.47. The zero-order valence-electron chi connectivity index (χ0n) is 14.3. The maximum Gasteiger partial charge on any atom is 0.261 e. The van der Waals surface area contributed by atoms with Gasteiger partial charge in [-0.25, -0.2) is 0 Å². The zero-order chi connectivity index (χ0) is 18.8. The molecule has 0 aliphatic rings. The Morgan fingerprint density at radius 2 is 2.00 bits per heavy atom. The van der Waals surface area contributed by atoms with E-state index in [1.54, 1.807) is 18.2 Å². The number of nitrogens with one attached hydrogen (secondary N) is 3. The van der Waals surface area contributed by atoms with Crippen molar-refractivity contribution < 1.29 is 19.1 Å². The first-order valence-electron chi connectivity index (χ1n) is 7.77. The molecular weight excluding hydrogens is 410 g/mol. The number of carbonyl (C=O) groups excluding carboxylic acids is 2. The lowest BCUT2D eigenvalue weighted by Crippen LogP contribution is -2.48. The maximum absolute atomic E-state index is 12.4. The van der Waals surface area contributed by atoms with E-state index in [0.29, 0.717) is 24.5 Å². The Labute approximate surface area is 160 Å². The molecule has 0 bridgehead atoms. The van der Waals surface area contributed by atoms with Crippen LogP contribution in [0.25, 0.3) is 0 Å². The molecule has 0 aliphatic carbocycles. The summed E-state index contributed by atoms with van der Waals surface area (Å²) in [6.45, 7) is 6.45. The number of benzene rings is 1. The molecule has 1 aromatic rings. The Hall–Kier alpha value is -1.71. The molecule has 9 heteroatoms. The molecule has 25 heavy (non-hydrogen) atoms. The smallest absolute Gasteiger partial charge is 0.261 e. The number of ether oxygens (including phenoxy) is 2. The van der Waals surface area contributed by atoms with Crippen LogP contribution in [0.3, 0.4) is 0 Å². The quantitative estimate of drug-likeness (QED) is 0.348. The summed E-state index contributed by atoms with van der Waals surface area (Å²) >= 11 is 8.33. The second-order valence-corrected chi connectivity index (χ2v) is 6.53. The van der Waals surface area contributed by atoms with Crippen LogP contribution in [-0.2, 0) is 9.53 Å². The molecule has 1 rings (SSSR count). The Balaban J connectivity index is 2.59. The number of carbonyl (C=O) groups is 2. The van der Waals surface area contributed by atoms with Gasteiger partial charge in [0, 0.05) is 11.1 Å². The summed E-state index contributed by atoms with van der Waals surface area (Å²) < 4.78 is 11.4. The Morgan fingerprint density at radius 1 is 1.28 bits per heavy atom. The van der Waals surface area contributed by atoms with Gasteiger partial charge in [0.15, 0.2) is 5.11 Å². The monoisotopic (exact) mass is 431 g/mol. The molecule has 0 aromatic heterocycles. The zero-order valence-corrected chi connectivity index (χ0v) is 16.8. The molecule has 3 N–H and O–H groups in total. The number of rotatable bonds is 7. The normalized spacial score (nSPS) is 10.3. The van der Waals surface area contributed by atoms with Gasteiger partial charge in [0.05, 0.1) is 24.7 Å². The van der Waals surface area contributed by atoms with Gasteiger partial charge in [-0.05, 0) is 51.2 Å². The first-order valence-corrected chi connectivity index (χ1v) is 8.97. The topological polar surface area (TPSA) is 88.7 Å². The van der Waals surface area contributed by atoms with Crippen molar-refractivity contribution in [3.05, 3.63) is 28.2 Å². The van der Waals surface area contributed by atoms with Crippen LogP contribution in [0.4, 0.5) is 0 Å². The first-order chi connectivity index (χ1) is 11.8.